The lowest BCUT2D eigenvalue weighted by Gasteiger charge is -2.37. The zero-order valence-electron chi connectivity index (χ0n) is 14.4. The van der Waals surface area contributed by atoms with Crippen LogP contribution in [0.15, 0.2) is 23.0 Å². The summed E-state index contributed by atoms with van der Waals surface area (Å²) in [5.74, 6) is 1.15. The number of pyridine rings is 1. The second-order valence-corrected chi connectivity index (χ2v) is 6.93. The number of aromatic nitrogens is 3. The third-order valence-corrected chi connectivity index (χ3v) is 5.37. The van der Waals surface area contributed by atoms with Crippen LogP contribution < -0.4 is 10.5 Å². The molecule has 1 saturated heterocycles. The van der Waals surface area contributed by atoms with Gasteiger partial charge >= 0.3 is 0 Å². The van der Waals surface area contributed by atoms with Gasteiger partial charge in [-0.05, 0) is 37.8 Å². The highest BCUT2D eigenvalue weighted by Crippen LogP contribution is 2.28. The van der Waals surface area contributed by atoms with Gasteiger partial charge in [0.1, 0.15) is 5.82 Å². The molecule has 1 aliphatic carbocycles. The maximum absolute atomic E-state index is 12.9. The van der Waals surface area contributed by atoms with E-state index < -0.39 is 0 Å². The largest absolute Gasteiger partial charge is 0.355 e. The maximum atomic E-state index is 12.9. The van der Waals surface area contributed by atoms with Crippen LogP contribution in [-0.2, 0) is 17.6 Å². The number of hydrogen-bond donors (Lipinski definition) is 2. The quantitative estimate of drug-likeness (QED) is 0.848. The number of anilines is 1. The Hall–Kier alpha value is -2.57. The Bertz CT molecular complexity index is 832. The van der Waals surface area contributed by atoms with Crippen molar-refractivity contribution in [2.75, 3.05) is 31.1 Å². The molecule has 1 unspecified atom stereocenters. The van der Waals surface area contributed by atoms with Crippen molar-refractivity contribution in [3.8, 4) is 0 Å². The Morgan fingerprint density at radius 2 is 2.04 bits per heavy atom. The molecular formula is C18H23N5O2. The van der Waals surface area contributed by atoms with Gasteiger partial charge in [0.15, 0.2) is 0 Å². The second kappa shape index (κ2) is 6.38. The summed E-state index contributed by atoms with van der Waals surface area (Å²) in [5.41, 5.74) is 3.35. The van der Waals surface area contributed by atoms with Gasteiger partial charge in [0.2, 0.25) is 11.5 Å². The van der Waals surface area contributed by atoms with Crippen LogP contribution in [0.25, 0.3) is 0 Å². The molecule has 7 nitrogen and oxygen atoms in total. The number of amides is 1. The van der Waals surface area contributed by atoms with E-state index in [2.05, 4.69) is 20.1 Å². The van der Waals surface area contributed by atoms with Gasteiger partial charge in [-0.1, -0.05) is 6.07 Å². The van der Waals surface area contributed by atoms with Crippen molar-refractivity contribution in [2.45, 2.75) is 26.2 Å². The van der Waals surface area contributed by atoms with Crippen LogP contribution >= 0.6 is 0 Å². The van der Waals surface area contributed by atoms with Gasteiger partial charge < -0.3 is 14.8 Å². The third-order valence-electron chi connectivity index (χ3n) is 5.37. The monoisotopic (exact) mass is 341 g/mol. The maximum Gasteiger partial charge on any atom is 0.249 e. The molecule has 1 amide bonds. The SMILES string of the molecule is Cc1[nH]nc2c1CC(C(=O)N1CCN(c3cccc(=O)[nH]3)CC1)CC2. The number of nitrogens with one attached hydrogen (secondary N) is 2. The summed E-state index contributed by atoms with van der Waals surface area (Å²) in [7, 11) is 0. The average Bonchev–Trinajstić information content (AvgIpc) is 3.02. The molecule has 2 N–H and O–H groups in total. The zero-order valence-corrected chi connectivity index (χ0v) is 14.4. The number of aryl methyl sites for hydroxylation is 2. The van der Waals surface area contributed by atoms with E-state index >= 15 is 0 Å². The fourth-order valence-corrected chi connectivity index (χ4v) is 3.90. The molecule has 3 heterocycles. The smallest absolute Gasteiger partial charge is 0.249 e. The summed E-state index contributed by atoms with van der Waals surface area (Å²) in [6, 6.07) is 5.18. The van der Waals surface area contributed by atoms with Gasteiger partial charge in [-0.25, -0.2) is 0 Å². The lowest BCUT2D eigenvalue weighted by molar-refractivity contribution is -0.136. The van der Waals surface area contributed by atoms with Gasteiger partial charge in [0, 0.05) is 43.9 Å². The minimum Gasteiger partial charge on any atom is -0.355 e. The molecule has 2 aromatic heterocycles. The number of hydrogen-bond acceptors (Lipinski definition) is 4. The molecule has 1 fully saturated rings. The van der Waals surface area contributed by atoms with Crippen molar-refractivity contribution in [2.24, 2.45) is 5.92 Å². The van der Waals surface area contributed by atoms with E-state index in [4.69, 9.17) is 0 Å². The first-order chi connectivity index (χ1) is 12.1. The normalized spacial score (nSPS) is 20.4. The number of carbonyl (C=O) groups is 1. The predicted molar refractivity (Wildman–Crippen MR) is 94.7 cm³/mol. The van der Waals surface area contributed by atoms with Crippen molar-refractivity contribution < 1.29 is 4.79 Å². The van der Waals surface area contributed by atoms with Gasteiger partial charge in [0.05, 0.1) is 5.69 Å². The Balaban J connectivity index is 1.39. The molecule has 4 rings (SSSR count). The number of nitrogens with zero attached hydrogens (tertiary/aromatic N) is 3. The van der Waals surface area contributed by atoms with Crippen LogP contribution in [0.2, 0.25) is 0 Å². The molecule has 0 aromatic carbocycles. The van der Waals surface area contributed by atoms with E-state index in [0.29, 0.717) is 13.1 Å². The Kier molecular flexibility index (Phi) is 4.07. The van der Waals surface area contributed by atoms with Gasteiger partial charge in [-0.3, -0.25) is 14.7 Å². The second-order valence-electron chi connectivity index (χ2n) is 6.93. The van der Waals surface area contributed by atoms with Crippen molar-refractivity contribution >= 4 is 11.7 Å². The van der Waals surface area contributed by atoms with E-state index in [-0.39, 0.29) is 17.4 Å². The highest BCUT2D eigenvalue weighted by Gasteiger charge is 2.32. The summed E-state index contributed by atoms with van der Waals surface area (Å²) in [6.07, 6.45) is 2.55. The van der Waals surface area contributed by atoms with E-state index in [9.17, 15) is 9.59 Å². The van der Waals surface area contributed by atoms with Crippen LogP contribution in [0.4, 0.5) is 5.82 Å². The Morgan fingerprint density at radius 3 is 2.80 bits per heavy atom. The van der Waals surface area contributed by atoms with E-state index in [1.807, 2.05) is 17.9 Å². The summed E-state index contributed by atoms with van der Waals surface area (Å²) >= 11 is 0. The number of H-pyrrole nitrogens is 2. The van der Waals surface area contributed by atoms with E-state index in [1.54, 1.807) is 6.07 Å². The molecule has 1 aliphatic heterocycles. The highest BCUT2D eigenvalue weighted by molar-refractivity contribution is 5.80. The Morgan fingerprint density at radius 1 is 1.24 bits per heavy atom. The van der Waals surface area contributed by atoms with Crippen LogP contribution in [0.1, 0.15) is 23.4 Å². The number of rotatable bonds is 2. The topological polar surface area (TPSA) is 85.1 Å². The van der Waals surface area contributed by atoms with Crippen LogP contribution in [0.3, 0.4) is 0 Å². The standard InChI is InChI=1S/C18H23N5O2/c1-12-14-11-13(5-6-15(14)21-20-12)18(25)23-9-7-22(8-10-23)16-3-2-4-17(24)19-16/h2-4,13H,5-11H2,1H3,(H,19,24)(H,20,21). The lowest BCUT2D eigenvalue weighted by atomic mass is 9.85. The molecule has 0 radical (unpaired) electrons. The zero-order chi connectivity index (χ0) is 17.4. The van der Waals surface area contributed by atoms with Crippen molar-refractivity contribution in [3.63, 3.8) is 0 Å². The summed E-state index contributed by atoms with van der Waals surface area (Å²) in [5, 5.41) is 7.36. The number of carbonyl (C=O) groups excluding carboxylic acids is 1. The molecule has 0 spiro atoms. The summed E-state index contributed by atoms with van der Waals surface area (Å²) in [4.78, 5) is 31.3. The van der Waals surface area contributed by atoms with Crippen molar-refractivity contribution in [3.05, 3.63) is 45.5 Å². The first-order valence-electron chi connectivity index (χ1n) is 8.87. The number of piperazine rings is 1. The molecule has 2 aromatic rings. The van der Waals surface area contributed by atoms with Crippen LogP contribution in [0.5, 0.6) is 0 Å². The molecule has 25 heavy (non-hydrogen) atoms. The molecule has 7 heteroatoms. The minimum atomic E-state index is -0.0931. The fourth-order valence-electron chi connectivity index (χ4n) is 3.90. The van der Waals surface area contributed by atoms with Crippen LogP contribution in [0, 0.1) is 12.8 Å². The molecule has 2 aliphatic rings. The minimum absolute atomic E-state index is 0.0619. The molecule has 1 atom stereocenters. The fraction of sp³-hybridized carbons (Fsp3) is 0.500. The van der Waals surface area contributed by atoms with Crippen molar-refractivity contribution in [1.82, 2.24) is 20.1 Å². The van der Waals surface area contributed by atoms with E-state index in [0.717, 1.165) is 49.6 Å². The lowest BCUT2D eigenvalue weighted by Crippen LogP contribution is -2.51. The van der Waals surface area contributed by atoms with E-state index in [1.165, 1.54) is 11.6 Å². The molecule has 0 bridgehead atoms. The molecule has 132 valence electrons. The van der Waals surface area contributed by atoms with Crippen molar-refractivity contribution in [1.29, 1.82) is 0 Å². The predicted octanol–water partition coefficient (Wildman–Crippen LogP) is 0.860. The third kappa shape index (κ3) is 3.06. The molecule has 0 saturated carbocycles. The van der Waals surface area contributed by atoms with Gasteiger partial charge in [-0.2, -0.15) is 5.10 Å². The first kappa shape index (κ1) is 15.9. The summed E-state index contributed by atoms with van der Waals surface area (Å²) in [6.45, 7) is 4.91. The Labute approximate surface area is 146 Å². The highest BCUT2D eigenvalue weighted by atomic mass is 16.2. The first-order valence-corrected chi connectivity index (χ1v) is 8.87. The summed E-state index contributed by atoms with van der Waals surface area (Å²) < 4.78 is 0. The van der Waals surface area contributed by atoms with Gasteiger partial charge in [0.25, 0.3) is 0 Å². The average molecular weight is 341 g/mol. The number of fused-ring (bicyclic) bond motifs is 1. The number of aromatic amines is 2. The molecular weight excluding hydrogens is 318 g/mol. The van der Waals surface area contributed by atoms with Crippen LogP contribution in [-0.4, -0.2) is 52.2 Å². The van der Waals surface area contributed by atoms with Gasteiger partial charge in [-0.15, -0.1) is 0 Å².